The minimum Gasteiger partial charge on any atom is -0.466 e. The second-order valence-corrected chi connectivity index (χ2v) is 4.11. The van der Waals surface area contributed by atoms with Crippen LogP contribution in [0.4, 0.5) is 26.3 Å². The fraction of sp³-hybridized carbons (Fsp3) is 0.385. The Bertz CT molecular complexity index is 613. The summed E-state index contributed by atoms with van der Waals surface area (Å²) >= 11 is 0. The van der Waals surface area contributed by atoms with Gasteiger partial charge >= 0.3 is 18.3 Å². The van der Waals surface area contributed by atoms with Gasteiger partial charge in [0, 0.05) is 0 Å². The predicted molar refractivity (Wildman–Crippen MR) is 61.5 cm³/mol. The van der Waals surface area contributed by atoms with Crippen LogP contribution in [0.3, 0.4) is 0 Å². The number of hydrogen-bond donors (Lipinski definition) is 0. The van der Waals surface area contributed by atoms with E-state index in [9.17, 15) is 31.1 Å². The number of hydrogen-bond acceptors (Lipinski definition) is 3. The number of carbonyl (C=O) groups excluding carboxylic acids is 1. The van der Waals surface area contributed by atoms with Gasteiger partial charge in [-0.15, -0.1) is 0 Å². The van der Waals surface area contributed by atoms with Crippen LogP contribution in [0.2, 0.25) is 0 Å². The van der Waals surface area contributed by atoms with Crippen molar-refractivity contribution >= 4 is 5.97 Å². The molecule has 0 saturated carbocycles. The highest BCUT2D eigenvalue weighted by Gasteiger charge is 2.46. The molecule has 0 aromatic heterocycles. The van der Waals surface area contributed by atoms with E-state index in [-0.39, 0.29) is 6.61 Å². The number of benzene rings is 1. The summed E-state index contributed by atoms with van der Waals surface area (Å²) in [4.78, 5) is 11.3. The van der Waals surface area contributed by atoms with E-state index in [2.05, 4.69) is 4.74 Å². The summed E-state index contributed by atoms with van der Waals surface area (Å²) in [6.45, 7) is 1.28. The highest BCUT2D eigenvalue weighted by atomic mass is 19.4. The van der Waals surface area contributed by atoms with Crippen LogP contribution in [-0.4, -0.2) is 12.6 Å². The molecule has 22 heavy (non-hydrogen) atoms. The Kier molecular flexibility index (Phi) is 5.06. The summed E-state index contributed by atoms with van der Waals surface area (Å²) in [5, 5.41) is 8.62. The monoisotopic (exact) mass is 325 g/mol. The lowest BCUT2D eigenvalue weighted by molar-refractivity contribution is -0.163. The van der Waals surface area contributed by atoms with E-state index >= 15 is 0 Å². The van der Waals surface area contributed by atoms with Crippen LogP contribution < -0.4 is 0 Å². The van der Waals surface area contributed by atoms with E-state index in [0.717, 1.165) is 6.07 Å². The Morgan fingerprint density at radius 3 is 2.09 bits per heavy atom. The van der Waals surface area contributed by atoms with E-state index in [1.807, 2.05) is 0 Å². The average molecular weight is 325 g/mol. The molecule has 0 N–H and O–H groups in total. The second-order valence-electron chi connectivity index (χ2n) is 4.11. The third-order valence-electron chi connectivity index (χ3n) is 2.62. The van der Waals surface area contributed by atoms with E-state index in [1.165, 1.54) is 6.92 Å². The van der Waals surface area contributed by atoms with Crippen LogP contribution in [-0.2, 0) is 28.3 Å². The molecule has 0 atom stereocenters. The number of nitriles is 1. The lowest BCUT2D eigenvalue weighted by Gasteiger charge is -2.20. The van der Waals surface area contributed by atoms with Gasteiger partial charge in [0.05, 0.1) is 35.8 Å². The first-order valence-electron chi connectivity index (χ1n) is 5.88. The molecule has 1 aromatic carbocycles. The smallest absolute Gasteiger partial charge is 0.418 e. The predicted octanol–water partition coefficient (Wildman–Crippen LogP) is 3.70. The van der Waals surface area contributed by atoms with Gasteiger partial charge in [-0.25, -0.2) is 0 Å². The molecular formula is C13H9F6NO2. The normalized spacial score (nSPS) is 11.9. The van der Waals surface area contributed by atoms with Crippen LogP contribution >= 0.6 is 0 Å². The Morgan fingerprint density at radius 1 is 1.14 bits per heavy atom. The van der Waals surface area contributed by atoms with E-state index in [0.29, 0.717) is 12.1 Å². The van der Waals surface area contributed by atoms with Crippen LogP contribution in [0.5, 0.6) is 0 Å². The van der Waals surface area contributed by atoms with Crippen molar-refractivity contribution in [2.75, 3.05) is 6.61 Å². The van der Waals surface area contributed by atoms with Gasteiger partial charge in [0.25, 0.3) is 0 Å². The van der Waals surface area contributed by atoms with Crippen LogP contribution in [0, 0.1) is 11.3 Å². The summed E-state index contributed by atoms with van der Waals surface area (Å²) in [6, 6.07) is 2.36. The zero-order valence-electron chi connectivity index (χ0n) is 11.1. The van der Waals surface area contributed by atoms with Crippen molar-refractivity contribution in [1.82, 2.24) is 0 Å². The van der Waals surface area contributed by atoms with Crippen molar-refractivity contribution in [2.45, 2.75) is 25.7 Å². The fourth-order valence-electron chi connectivity index (χ4n) is 1.87. The van der Waals surface area contributed by atoms with Gasteiger partial charge in [0.15, 0.2) is 0 Å². The quantitative estimate of drug-likeness (QED) is 0.629. The van der Waals surface area contributed by atoms with Crippen molar-refractivity contribution in [1.29, 1.82) is 5.26 Å². The van der Waals surface area contributed by atoms with E-state index in [4.69, 9.17) is 5.26 Å². The largest absolute Gasteiger partial charge is 0.466 e. The van der Waals surface area contributed by atoms with Gasteiger partial charge in [0.1, 0.15) is 0 Å². The first-order chi connectivity index (χ1) is 10.0. The zero-order valence-corrected chi connectivity index (χ0v) is 11.1. The Hall–Kier alpha value is -2.24. The maximum absolute atomic E-state index is 13.0. The highest BCUT2D eigenvalue weighted by molar-refractivity contribution is 5.73. The number of esters is 1. The Balaban J connectivity index is 3.60. The molecule has 1 rings (SSSR count). The van der Waals surface area contributed by atoms with E-state index in [1.54, 1.807) is 0 Å². The molecule has 0 aliphatic heterocycles. The molecular weight excluding hydrogens is 316 g/mol. The third-order valence-corrected chi connectivity index (χ3v) is 2.62. The van der Waals surface area contributed by atoms with Gasteiger partial charge < -0.3 is 4.74 Å². The fourth-order valence-corrected chi connectivity index (χ4v) is 1.87. The van der Waals surface area contributed by atoms with Crippen molar-refractivity contribution in [2.24, 2.45) is 0 Å². The van der Waals surface area contributed by atoms with Crippen molar-refractivity contribution in [3.8, 4) is 6.07 Å². The molecule has 0 radical (unpaired) electrons. The minimum atomic E-state index is -5.39. The highest BCUT2D eigenvalue weighted by Crippen LogP contribution is 2.43. The lowest BCUT2D eigenvalue weighted by atomic mass is 9.93. The Morgan fingerprint density at radius 2 is 1.68 bits per heavy atom. The topological polar surface area (TPSA) is 50.1 Å². The molecule has 3 nitrogen and oxygen atoms in total. The number of alkyl halides is 6. The molecule has 0 bridgehead atoms. The first-order valence-corrected chi connectivity index (χ1v) is 5.88. The van der Waals surface area contributed by atoms with Crippen molar-refractivity contribution in [3.05, 3.63) is 34.4 Å². The molecule has 0 aliphatic rings. The van der Waals surface area contributed by atoms with Crippen molar-refractivity contribution in [3.63, 3.8) is 0 Å². The third kappa shape index (κ3) is 3.90. The molecule has 0 fully saturated rings. The molecule has 1 aromatic rings. The number of rotatable bonds is 3. The van der Waals surface area contributed by atoms with Gasteiger partial charge in [-0.2, -0.15) is 31.6 Å². The van der Waals surface area contributed by atoms with Gasteiger partial charge in [-0.1, -0.05) is 6.07 Å². The summed E-state index contributed by atoms with van der Waals surface area (Å²) in [5.74, 6) is -1.09. The van der Waals surface area contributed by atoms with Gasteiger partial charge in [0.2, 0.25) is 0 Å². The second kappa shape index (κ2) is 6.25. The van der Waals surface area contributed by atoms with Gasteiger partial charge in [-0.3, -0.25) is 4.79 Å². The summed E-state index contributed by atoms with van der Waals surface area (Å²) in [7, 11) is 0. The first kappa shape index (κ1) is 17.8. The van der Waals surface area contributed by atoms with Gasteiger partial charge in [-0.05, 0) is 18.6 Å². The molecule has 0 heterocycles. The Labute approximate surface area is 121 Å². The molecule has 0 aliphatic carbocycles. The minimum absolute atomic E-state index is 0.122. The maximum Gasteiger partial charge on any atom is 0.418 e. The number of halogens is 6. The number of carbonyl (C=O) groups is 1. The summed E-state index contributed by atoms with van der Waals surface area (Å²) < 4.78 is 82.3. The molecule has 0 spiro atoms. The SMILES string of the molecule is CCOC(=O)Cc1ccc(C#N)c(C(F)(F)F)c1C(F)(F)F. The van der Waals surface area contributed by atoms with Crippen LogP contribution in [0.25, 0.3) is 0 Å². The van der Waals surface area contributed by atoms with Crippen LogP contribution in [0.15, 0.2) is 12.1 Å². The maximum atomic E-state index is 13.0. The average Bonchev–Trinajstić information content (AvgIpc) is 2.36. The summed E-state index contributed by atoms with van der Waals surface area (Å²) in [5.41, 5.74) is -6.18. The number of nitrogens with zero attached hydrogens (tertiary/aromatic N) is 1. The lowest BCUT2D eigenvalue weighted by Crippen LogP contribution is -2.22. The summed E-state index contributed by atoms with van der Waals surface area (Å²) in [6.07, 6.45) is -11.7. The molecule has 120 valence electrons. The molecule has 0 saturated heterocycles. The molecule has 0 unspecified atom stereocenters. The zero-order chi connectivity index (χ0) is 17.1. The van der Waals surface area contributed by atoms with E-state index < -0.39 is 47.0 Å². The molecule has 0 amide bonds. The molecule has 9 heteroatoms. The van der Waals surface area contributed by atoms with Crippen molar-refractivity contribution < 1.29 is 35.9 Å². The number of ether oxygens (including phenoxy) is 1. The van der Waals surface area contributed by atoms with Crippen LogP contribution in [0.1, 0.15) is 29.2 Å². The standard InChI is InChI=1S/C13H9F6NO2/c1-2-22-9(21)5-7-3-4-8(6-20)11(13(17,18)19)10(7)12(14,15)16/h3-4H,2,5H2,1H3.